The van der Waals surface area contributed by atoms with Crippen LogP contribution in [0, 0.1) is 18.3 Å². The van der Waals surface area contributed by atoms with Crippen molar-refractivity contribution >= 4 is 34.9 Å². The molecule has 6 heteroatoms. The van der Waals surface area contributed by atoms with Crippen molar-refractivity contribution in [3.8, 4) is 12.3 Å². The molecule has 0 spiro atoms. The van der Waals surface area contributed by atoms with Crippen molar-refractivity contribution in [2.45, 2.75) is 6.42 Å². The molecular formula is C10H7Cl2N3O. The van der Waals surface area contributed by atoms with Crippen LogP contribution < -0.4 is 4.90 Å². The Hall–Kier alpha value is -1.31. The van der Waals surface area contributed by atoms with E-state index >= 15 is 0 Å². The first-order valence-electron chi connectivity index (χ1n) is 4.56. The van der Waals surface area contributed by atoms with E-state index in [0.29, 0.717) is 18.8 Å². The number of anilines is 1. The predicted molar refractivity (Wildman–Crippen MR) is 61.3 cm³/mol. The standard InChI is InChI=1S/C10H7Cl2N3O/c1-2-6-3-8(16)15(5-6)10-9(12)14-7(11)4-13-10/h1,4,6H,3,5H2. The predicted octanol–water partition coefficient (Wildman–Crippen LogP) is 1.77. The summed E-state index contributed by atoms with van der Waals surface area (Å²) in [5, 5.41) is 0.299. The molecule has 0 aromatic carbocycles. The SMILES string of the molecule is C#CC1CC(=O)N(c2ncc(Cl)nc2Cl)C1. The zero-order chi connectivity index (χ0) is 11.7. The van der Waals surface area contributed by atoms with Crippen molar-refractivity contribution in [2.75, 3.05) is 11.4 Å². The van der Waals surface area contributed by atoms with Gasteiger partial charge < -0.3 is 0 Å². The van der Waals surface area contributed by atoms with Crippen LogP contribution in [-0.2, 0) is 4.79 Å². The lowest BCUT2D eigenvalue weighted by molar-refractivity contribution is -0.117. The van der Waals surface area contributed by atoms with Crippen LogP contribution in [0.1, 0.15) is 6.42 Å². The summed E-state index contributed by atoms with van der Waals surface area (Å²) in [5.41, 5.74) is 0. The minimum Gasteiger partial charge on any atom is -0.293 e. The van der Waals surface area contributed by atoms with Crippen LogP contribution in [0.15, 0.2) is 6.20 Å². The molecule has 0 bridgehead atoms. The maximum absolute atomic E-state index is 11.7. The van der Waals surface area contributed by atoms with Gasteiger partial charge in [0.1, 0.15) is 5.15 Å². The van der Waals surface area contributed by atoms with E-state index in [0.717, 1.165) is 0 Å². The number of rotatable bonds is 1. The molecule has 1 aromatic rings. The molecule has 0 saturated carbocycles. The largest absolute Gasteiger partial charge is 0.293 e. The van der Waals surface area contributed by atoms with E-state index in [2.05, 4.69) is 15.9 Å². The van der Waals surface area contributed by atoms with E-state index in [1.54, 1.807) is 0 Å². The summed E-state index contributed by atoms with van der Waals surface area (Å²) < 4.78 is 0. The van der Waals surface area contributed by atoms with Gasteiger partial charge in [-0.25, -0.2) is 9.97 Å². The molecule has 2 rings (SSSR count). The molecule has 82 valence electrons. The fraction of sp³-hybridized carbons (Fsp3) is 0.300. The first-order valence-corrected chi connectivity index (χ1v) is 5.32. The zero-order valence-corrected chi connectivity index (χ0v) is 9.66. The molecule has 1 aliphatic heterocycles. The van der Waals surface area contributed by atoms with Crippen molar-refractivity contribution in [3.63, 3.8) is 0 Å². The van der Waals surface area contributed by atoms with Gasteiger partial charge in [-0.2, -0.15) is 0 Å². The maximum Gasteiger partial charge on any atom is 0.229 e. The van der Waals surface area contributed by atoms with Crippen LogP contribution in [0.25, 0.3) is 0 Å². The van der Waals surface area contributed by atoms with Crippen LogP contribution in [0.2, 0.25) is 10.3 Å². The molecular weight excluding hydrogens is 249 g/mol. The van der Waals surface area contributed by atoms with E-state index in [1.807, 2.05) is 0 Å². The quantitative estimate of drug-likeness (QED) is 0.719. The third kappa shape index (κ3) is 1.97. The van der Waals surface area contributed by atoms with E-state index in [-0.39, 0.29) is 22.1 Å². The van der Waals surface area contributed by atoms with Crippen molar-refractivity contribution in [3.05, 3.63) is 16.5 Å². The van der Waals surface area contributed by atoms with E-state index in [4.69, 9.17) is 29.6 Å². The summed E-state index contributed by atoms with van der Waals surface area (Å²) in [4.78, 5) is 20.9. The highest BCUT2D eigenvalue weighted by Crippen LogP contribution is 2.28. The number of carbonyl (C=O) groups excluding carboxylic acids is 1. The summed E-state index contributed by atoms with van der Waals surface area (Å²) in [6.45, 7) is 0.422. The molecule has 0 aliphatic carbocycles. The Morgan fingerprint density at radius 1 is 1.56 bits per heavy atom. The van der Waals surface area contributed by atoms with Gasteiger partial charge in [-0.1, -0.05) is 23.2 Å². The molecule has 4 nitrogen and oxygen atoms in total. The number of nitrogens with zero attached hydrogens (tertiary/aromatic N) is 3. The summed E-state index contributed by atoms with van der Waals surface area (Å²) in [5.74, 6) is 2.67. The molecule has 0 N–H and O–H groups in total. The number of halogens is 2. The van der Waals surface area contributed by atoms with Crippen LogP contribution >= 0.6 is 23.2 Å². The Morgan fingerprint density at radius 3 is 2.88 bits per heavy atom. The minimum atomic E-state index is -0.0963. The number of terminal acetylenes is 1. The Kier molecular flexibility index (Phi) is 2.99. The molecule has 1 saturated heterocycles. The second-order valence-electron chi connectivity index (χ2n) is 3.38. The number of amides is 1. The Morgan fingerprint density at radius 2 is 2.31 bits per heavy atom. The highest BCUT2D eigenvalue weighted by molar-refractivity contribution is 6.34. The second-order valence-corrected chi connectivity index (χ2v) is 4.12. The monoisotopic (exact) mass is 255 g/mol. The van der Waals surface area contributed by atoms with Crippen molar-refractivity contribution < 1.29 is 4.79 Å². The zero-order valence-electron chi connectivity index (χ0n) is 8.15. The number of hydrogen-bond donors (Lipinski definition) is 0. The Labute approximate surface area is 103 Å². The van der Waals surface area contributed by atoms with Crippen molar-refractivity contribution in [1.82, 2.24) is 9.97 Å². The van der Waals surface area contributed by atoms with Crippen LogP contribution in [0.4, 0.5) is 5.82 Å². The summed E-state index contributed by atoms with van der Waals surface area (Å²) >= 11 is 11.5. The molecule has 1 atom stereocenters. The van der Waals surface area contributed by atoms with Gasteiger partial charge in [-0.15, -0.1) is 12.3 Å². The summed E-state index contributed by atoms with van der Waals surface area (Å²) in [7, 11) is 0. The van der Waals surface area contributed by atoms with E-state index < -0.39 is 0 Å². The number of aromatic nitrogens is 2. The topological polar surface area (TPSA) is 46.1 Å². The molecule has 1 unspecified atom stereocenters. The first kappa shape index (κ1) is 11.2. The molecule has 1 amide bonds. The molecule has 16 heavy (non-hydrogen) atoms. The van der Waals surface area contributed by atoms with Gasteiger partial charge in [0.2, 0.25) is 5.91 Å². The minimum absolute atomic E-state index is 0.0959. The highest BCUT2D eigenvalue weighted by atomic mass is 35.5. The van der Waals surface area contributed by atoms with Crippen LogP contribution in [0.3, 0.4) is 0 Å². The number of hydrogen-bond acceptors (Lipinski definition) is 3. The Bertz CT molecular complexity index is 483. The van der Waals surface area contributed by atoms with Gasteiger partial charge >= 0.3 is 0 Å². The lowest BCUT2D eigenvalue weighted by Crippen LogP contribution is -2.26. The average molecular weight is 256 g/mol. The summed E-state index contributed by atoms with van der Waals surface area (Å²) in [6, 6.07) is 0. The third-order valence-electron chi connectivity index (χ3n) is 2.30. The van der Waals surface area contributed by atoms with Crippen molar-refractivity contribution in [1.29, 1.82) is 0 Å². The normalized spacial score (nSPS) is 19.9. The molecule has 1 aromatic heterocycles. The van der Waals surface area contributed by atoms with Gasteiger partial charge in [0.15, 0.2) is 11.0 Å². The molecule has 1 aliphatic rings. The highest BCUT2D eigenvalue weighted by Gasteiger charge is 2.31. The van der Waals surface area contributed by atoms with Gasteiger partial charge in [-0.3, -0.25) is 9.69 Å². The summed E-state index contributed by atoms with van der Waals surface area (Å²) in [6.07, 6.45) is 6.94. The van der Waals surface area contributed by atoms with Gasteiger partial charge in [0.05, 0.1) is 6.20 Å². The fourth-order valence-corrected chi connectivity index (χ4v) is 1.96. The molecule has 0 radical (unpaired) electrons. The van der Waals surface area contributed by atoms with Gasteiger partial charge in [0, 0.05) is 18.9 Å². The fourth-order valence-electron chi connectivity index (χ4n) is 1.55. The van der Waals surface area contributed by atoms with Crippen LogP contribution in [0.5, 0.6) is 0 Å². The van der Waals surface area contributed by atoms with Crippen LogP contribution in [-0.4, -0.2) is 22.4 Å². The smallest absolute Gasteiger partial charge is 0.229 e. The van der Waals surface area contributed by atoms with Crippen molar-refractivity contribution in [2.24, 2.45) is 5.92 Å². The van der Waals surface area contributed by atoms with Gasteiger partial charge in [-0.05, 0) is 0 Å². The second kappa shape index (κ2) is 4.28. The number of carbonyl (C=O) groups is 1. The first-order chi connectivity index (χ1) is 7.61. The van der Waals surface area contributed by atoms with E-state index in [1.165, 1.54) is 11.1 Å². The van der Waals surface area contributed by atoms with Gasteiger partial charge in [0.25, 0.3) is 0 Å². The molecule has 1 fully saturated rings. The Balaban J connectivity index is 2.32. The lowest BCUT2D eigenvalue weighted by atomic mass is 10.1. The lowest BCUT2D eigenvalue weighted by Gasteiger charge is -2.15. The van der Waals surface area contributed by atoms with E-state index in [9.17, 15) is 4.79 Å². The third-order valence-corrected chi connectivity index (χ3v) is 2.73. The molecule has 2 heterocycles. The maximum atomic E-state index is 11.7. The average Bonchev–Trinajstić information content (AvgIpc) is 2.60.